The summed E-state index contributed by atoms with van der Waals surface area (Å²) in [5, 5.41) is 0. The number of rotatable bonds is 0. The monoisotopic (exact) mass is 155 g/mol. The predicted molar refractivity (Wildman–Crippen MR) is 45.1 cm³/mol. The summed E-state index contributed by atoms with van der Waals surface area (Å²) in [7, 11) is 4.52. The second-order valence-electron chi connectivity index (χ2n) is 3.50. The summed E-state index contributed by atoms with van der Waals surface area (Å²) in [6.45, 7) is 0. The van der Waals surface area contributed by atoms with Gasteiger partial charge < -0.3 is 4.24 Å². The van der Waals surface area contributed by atoms with Crippen molar-refractivity contribution in [3.05, 3.63) is 0 Å². The van der Waals surface area contributed by atoms with Crippen molar-refractivity contribution in [1.29, 1.82) is 0 Å². The summed E-state index contributed by atoms with van der Waals surface area (Å²) < 4.78 is 5.12. The van der Waals surface area contributed by atoms with Gasteiger partial charge in [0.25, 0.3) is 0 Å². The normalized spacial score (nSPS) is 36.0. The molecule has 1 heterocycles. The fourth-order valence-electron chi connectivity index (χ4n) is 2.25. The van der Waals surface area contributed by atoms with Crippen LogP contribution in [-0.4, -0.2) is 44.5 Å². The number of hydrogen-bond acceptors (Lipinski definition) is 1. The van der Waals surface area contributed by atoms with Crippen LogP contribution in [0.15, 0.2) is 0 Å². The first-order chi connectivity index (χ1) is 4.79. The highest BCUT2D eigenvalue weighted by molar-refractivity contribution is 6.27. The molecule has 0 amide bonds. The molecule has 1 unspecified atom stereocenters. The van der Waals surface area contributed by atoms with E-state index in [0.717, 1.165) is 6.04 Å². The van der Waals surface area contributed by atoms with Crippen LogP contribution >= 0.6 is 0 Å². The Morgan fingerprint density at radius 1 is 1.70 bits per heavy atom. The van der Waals surface area contributed by atoms with Gasteiger partial charge in [0.15, 0.2) is 0 Å². The van der Waals surface area contributed by atoms with E-state index in [-0.39, 0.29) is 9.84 Å². The molecule has 2 aliphatic rings. The molecular formula is C7H15N2Si+. The van der Waals surface area contributed by atoms with Crippen molar-refractivity contribution in [1.82, 2.24) is 4.57 Å². The van der Waals surface area contributed by atoms with Crippen LogP contribution in [0.25, 0.3) is 0 Å². The van der Waals surface area contributed by atoms with Gasteiger partial charge in [-0.25, -0.2) is 0 Å². The molecule has 0 bridgehead atoms. The molecule has 10 heavy (non-hydrogen) atoms. The van der Waals surface area contributed by atoms with E-state index in [1.54, 1.807) is 5.71 Å². The van der Waals surface area contributed by atoms with Gasteiger partial charge in [0, 0.05) is 6.42 Å². The standard InChI is InChI=1S/C7H15N2Si/c1-8-6-4-3-5-7(6)9(2)10-8/h6H,3-5,10H2,1-2H3/q+1. The first-order valence-corrected chi connectivity index (χ1v) is 5.32. The zero-order valence-corrected chi connectivity index (χ0v) is 8.21. The molecular weight excluding hydrogens is 140 g/mol. The average Bonchev–Trinajstić information content (AvgIpc) is 2.39. The molecule has 0 aromatic rings. The second kappa shape index (κ2) is 2.17. The van der Waals surface area contributed by atoms with Gasteiger partial charge in [-0.15, -0.1) is 0 Å². The Morgan fingerprint density at radius 2 is 2.50 bits per heavy atom. The van der Waals surface area contributed by atoms with Crippen molar-refractivity contribution in [2.45, 2.75) is 25.3 Å². The second-order valence-corrected chi connectivity index (χ2v) is 5.72. The molecule has 1 fully saturated rings. The van der Waals surface area contributed by atoms with Gasteiger partial charge in [-0.2, -0.15) is 0 Å². The zero-order valence-electron chi connectivity index (χ0n) is 6.80. The minimum absolute atomic E-state index is 0.0330. The average molecular weight is 155 g/mol. The third-order valence-electron chi connectivity index (χ3n) is 2.75. The maximum atomic E-state index is 2.59. The number of fused-ring (bicyclic) bond motifs is 1. The molecule has 1 atom stereocenters. The molecule has 2 nitrogen and oxygen atoms in total. The molecule has 3 heteroatoms. The van der Waals surface area contributed by atoms with E-state index in [9.17, 15) is 0 Å². The van der Waals surface area contributed by atoms with Crippen molar-refractivity contribution in [3.63, 3.8) is 0 Å². The minimum Gasteiger partial charge on any atom is -0.304 e. The highest BCUT2D eigenvalue weighted by atomic mass is 28.2. The van der Waals surface area contributed by atoms with E-state index in [1.165, 1.54) is 19.3 Å². The van der Waals surface area contributed by atoms with Gasteiger partial charge >= 0.3 is 9.84 Å². The lowest BCUT2D eigenvalue weighted by atomic mass is 10.2. The van der Waals surface area contributed by atoms with E-state index in [4.69, 9.17) is 0 Å². The third kappa shape index (κ3) is 0.771. The maximum Gasteiger partial charge on any atom is 0.412 e. The van der Waals surface area contributed by atoms with Crippen molar-refractivity contribution in [2.75, 3.05) is 14.1 Å². The van der Waals surface area contributed by atoms with Gasteiger partial charge in [-0.3, -0.25) is 4.57 Å². The fraction of sp³-hybridized carbons (Fsp3) is 0.857. The summed E-state index contributed by atoms with van der Waals surface area (Å²) in [6, 6.07) is 0.858. The van der Waals surface area contributed by atoms with Crippen molar-refractivity contribution in [3.8, 4) is 0 Å². The maximum absolute atomic E-state index is 2.59. The van der Waals surface area contributed by atoms with Crippen LogP contribution < -0.4 is 0 Å². The Hall–Kier alpha value is -0.153. The SMILES string of the molecule is CN1[SiH2][N+](C)=C2CCCC21. The van der Waals surface area contributed by atoms with E-state index in [2.05, 4.69) is 22.9 Å². The highest BCUT2D eigenvalue weighted by Gasteiger charge is 2.38. The minimum atomic E-state index is -0.0330. The fourth-order valence-corrected chi connectivity index (χ4v) is 4.06. The molecule has 2 rings (SSSR count). The molecule has 0 spiro atoms. The zero-order chi connectivity index (χ0) is 7.14. The van der Waals surface area contributed by atoms with Crippen LogP contribution in [0.2, 0.25) is 0 Å². The summed E-state index contributed by atoms with van der Waals surface area (Å²) >= 11 is 0. The summed E-state index contributed by atoms with van der Waals surface area (Å²) in [5.74, 6) is 0. The van der Waals surface area contributed by atoms with Gasteiger partial charge in [-0.05, 0) is 19.9 Å². The summed E-state index contributed by atoms with van der Waals surface area (Å²) in [6.07, 6.45) is 4.21. The van der Waals surface area contributed by atoms with E-state index in [0.29, 0.717) is 0 Å². The van der Waals surface area contributed by atoms with Crippen molar-refractivity contribution in [2.24, 2.45) is 0 Å². The Kier molecular flexibility index (Phi) is 1.42. The Morgan fingerprint density at radius 3 is 3.20 bits per heavy atom. The molecule has 0 aromatic heterocycles. The van der Waals surface area contributed by atoms with Gasteiger partial charge in [0.2, 0.25) is 0 Å². The van der Waals surface area contributed by atoms with Crippen LogP contribution in [-0.2, 0) is 0 Å². The summed E-state index contributed by atoms with van der Waals surface area (Å²) in [4.78, 5) is 0. The van der Waals surface area contributed by atoms with Gasteiger partial charge in [0.05, 0.1) is 6.04 Å². The quantitative estimate of drug-likeness (QED) is 0.430. The third-order valence-corrected chi connectivity index (χ3v) is 4.47. The van der Waals surface area contributed by atoms with E-state index >= 15 is 0 Å². The van der Waals surface area contributed by atoms with Crippen LogP contribution in [0.4, 0.5) is 0 Å². The number of hydrogen-bond donors (Lipinski definition) is 0. The van der Waals surface area contributed by atoms with E-state index in [1.807, 2.05) is 0 Å². The van der Waals surface area contributed by atoms with Crippen molar-refractivity contribution >= 4 is 15.6 Å². The van der Waals surface area contributed by atoms with Crippen LogP contribution in [0.3, 0.4) is 0 Å². The molecule has 0 aromatic carbocycles. The summed E-state index contributed by atoms with van der Waals surface area (Å²) in [5.41, 5.74) is 1.73. The van der Waals surface area contributed by atoms with Crippen LogP contribution in [0, 0.1) is 0 Å². The Bertz CT molecular complexity index is 188. The molecule has 0 saturated heterocycles. The Balaban J connectivity index is 2.27. The molecule has 0 N–H and O–H groups in total. The molecule has 1 aliphatic carbocycles. The smallest absolute Gasteiger partial charge is 0.304 e. The first-order valence-electron chi connectivity index (χ1n) is 4.06. The topological polar surface area (TPSA) is 6.25 Å². The molecule has 1 saturated carbocycles. The number of nitrogens with zero attached hydrogens (tertiary/aromatic N) is 2. The Labute approximate surface area is 64.5 Å². The van der Waals surface area contributed by atoms with Crippen molar-refractivity contribution < 1.29 is 4.24 Å². The molecule has 0 radical (unpaired) electrons. The predicted octanol–water partition coefficient (Wildman–Crippen LogP) is -0.434. The lowest BCUT2D eigenvalue weighted by Crippen LogP contribution is -2.30. The van der Waals surface area contributed by atoms with Crippen LogP contribution in [0.5, 0.6) is 0 Å². The lowest BCUT2D eigenvalue weighted by molar-refractivity contribution is -0.344. The first kappa shape index (κ1) is 6.55. The molecule has 56 valence electrons. The van der Waals surface area contributed by atoms with Gasteiger partial charge in [-0.1, -0.05) is 0 Å². The largest absolute Gasteiger partial charge is 0.412 e. The van der Waals surface area contributed by atoms with Gasteiger partial charge in [0.1, 0.15) is 12.8 Å². The highest BCUT2D eigenvalue weighted by Crippen LogP contribution is 2.22. The van der Waals surface area contributed by atoms with E-state index < -0.39 is 0 Å². The molecule has 1 aliphatic heterocycles. The lowest BCUT2D eigenvalue weighted by Gasteiger charge is -2.09. The van der Waals surface area contributed by atoms with Crippen LogP contribution in [0.1, 0.15) is 19.3 Å².